The third-order valence-corrected chi connectivity index (χ3v) is 3.87. The highest BCUT2D eigenvalue weighted by atomic mass is 32.1. The van der Waals surface area contributed by atoms with Gasteiger partial charge in [0, 0.05) is 23.7 Å². The molecule has 0 radical (unpaired) electrons. The van der Waals surface area contributed by atoms with Gasteiger partial charge < -0.3 is 10.1 Å². The summed E-state index contributed by atoms with van der Waals surface area (Å²) in [5.74, 6) is 0. The number of aromatic nitrogens is 1. The maximum absolute atomic E-state index is 5.32. The van der Waals surface area contributed by atoms with Gasteiger partial charge >= 0.3 is 0 Å². The van der Waals surface area contributed by atoms with E-state index in [0.29, 0.717) is 6.04 Å². The van der Waals surface area contributed by atoms with Gasteiger partial charge in [-0.2, -0.15) is 0 Å². The number of ether oxygens (including phenoxy) is 1. The van der Waals surface area contributed by atoms with E-state index in [1.807, 2.05) is 0 Å². The maximum atomic E-state index is 5.32. The largest absolute Gasteiger partial charge is 0.380 e. The molecule has 0 aromatic carbocycles. The molecule has 1 saturated heterocycles. The fourth-order valence-corrected chi connectivity index (χ4v) is 2.74. The summed E-state index contributed by atoms with van der Waals surface area (Å²) in [5.41, 5.74) is 1.15. The Balaban J connectivity index is 1.51. The Morgan fingerprint density at radius 3 is 3.19 bits per heavy atom. The number of thiazole rings is 1. The topological polar surface area (TPSA) is 34.1 Å². The Bertz CT molecular complexity index is 308. The SMILES string of the molecule is Cc1csc(CCCCNC2CCOC2)n1. The lowest BCUT2D eigenvalue weighted by Gasteiger charge is -2.09. The zero-order valence-corrected chi connectivity index (χ0v) is 10.7. The van der Waals surface area contributed by atoms with Crippen LogP contribution in [0.4, 0.5) is 0 Å². The molecule has 1 fully saturated rings. The summed E-state index contributed by atoms with van der Waals surface area (Å²) in [7, 11) is 0. The Morgan fingerprint density at radius 1 is 1.56 bits per heavy atom. The monoisotopic (exact) mass is 240 g/mol. The average Bonchev–Trinajstić information content (AvgIpc) is 2.89. The number of rotatable bonds is 6. The first-order valence-electron chi connectivity index (χ1n) is 6.07. The zero-order valence-electron chi connectivity index (χ0n) is 9.87. The lowest BCUT2D eigenvalue weighted by molar-refractivity contribution is 0.190. The molecule has 1 atom stereocenters. The van der Waals surface area contributed by atoms with E-state index in [1.165, 1.54) is 24.3 Å². The zero-order chi connectivity index (χ0) is 11.2. The Morgan fingerprint density at radius 2 is 2.50 bits per heavy atom. The minimum Gasteiger partial charge on any atom is -0.380 e. The molecule has 1 aliphatic heterocycles. The van der Waals surface area contributed by atoms with Gasteiger partial charge in [-0.15, -0.1) is 11.3 Å². The standard InChI is InChI=1S/C12H20N2OS/c1-10-9-16-12(14-10)4-2-3-6-13-11-5-7-15-8-11/h9,11,13H,2-8H2,1H3. The number of aryl methyl sites for hydroxylation is 2. The van der Waals surface area contributed by atoms with Crippen LogP contribution >= 0.6 is 11.3 Å². The van der Waals surface area contributed by atoms with Gasteiger partial charge in [-0.25, -0.2) is 4.98 Å². The molecule has 16 heavy (non-hydrogen) atoms. The van der Waals surface area contributed by atoms with Gasteiger partial charge in [0.25, 0.3) is 0 Å². The fourth-order valence-electron chi connectivity index (χ4n) is 1.92. The van der Waals surface area contributed by atoms with E-state index in [2.05, 4.69) is 22.6 Å². The third-order valence-electron chi connectivity index (χ3n) is 2.85. The van der Waals surface area contributed by atoms with Crippen molar-refractivity contribution in [3.05, 3.63) is 16.1 Å². The first-order chi connectivity index (χ1) is 7.84. The fraction of sp³-hybridized carbons (Fsp3) is 0.750. The second kappa shape index (κ2) is 6.33. The number of hydrogen-bond donors (Lipinski definition) is 1. The molecule has 3 nitrogen and oxygen atoms in total. The van der Waals surface area contributed by atoms with Crippen molar-refractivity contribution >= 4 is 11.3 Å². The predicted molar refractivity (Wildman–Crippen MR) is 67.0 cm³/mol. The Kier molecular flexibility index (Phi) is 4.75. The van der Waals surface area contributed by atoms with E-state index in [1.54, 1.807) is 11.3 Å². The van der Waals surface area contributed by atoms with Crippen molar-refractivity contribution in [2.24, 2.45) is 0 Å². The van der Waals surface area contributed by atoms with Crippen LogP contribution in [0, 0.1) is 6.92 Å². The first-order valence-corrected chi connectivity index (χ1v) is 6.94. The molecule has 0 saturated carbocycles. The number of hydrogen-bond acceptors (Lipinski definition) is 4. The van der Waals surface area contributed by atoms with Crippen LogP contribution in [-0.4, -0.2) is 30.8 Å². The third kappa shape index (κ3) is 3.85. The molecule has 90 valence electrons. The van der Waals surface area contributed by atoms with Crippen LogP contribution in [0.1, 0.15) is 30.0 Å². The average molecular weight is 240 g/mol. The Labute approximate surface area is 101 Å². The van der Waals surface area contributed by atoms with Crippen molar-refractivity contribution in [2.45, 2.75) is 38.6 Å². The number of unbranched alkanes of at least 4 members (excludes halogenated alkanes) is 1. The van der Waals surface area contributed by atoms with E-state index in [-0.39, 0.29) is 0 Å². The lowest BCUT2D eigenvalue weighted by Crippen LogP contribution is -2.29. The van der Waals surface area contributed by atoms with Crippen molar-refractivity contribution in [1.29, 1.82) is 0 Å². The van der Waals surface area contributed by atoms with Gasteiger partial charge in [0.05, 0.1) is 11.6 Å². The molecular formula is C12H20N2OS. The summed E-state index contributed by atoms with van der Waals surface area (Å²) < 4.78 is 5.32. The summed E-state index contributed by atoms with van der Waals surface area (Å²) in [5, 5.41) is 6.94. The molecule has 1 aromatic rings. The molecule has 0 amide bonds. The van der Waals surface area contributed by atoms with E-state index < -0.39 is 0 Å². The molecule has 0 aliphatic carbocycles. The lowest BCUT2D eigenvalue weighted by atomic mass is 10.2. The summed E-state index contributed by atoms with van der Waals surface area (Å²) in [4.78, 5) is 4.46. The Hall–Kier alpha value is -0.450. The summed E-state index contributed by atoms with van der Waals surface area (Å²) in [6.45, 7) is 4.99. The summed E-state index contributed by atoms with van der Waals surface area (Å²) in [6, 6.07) is 0.599. The van der Waals surface area contributed by atoms with E-state index in [0.717, 1.165) is 31.9 Å². The van der Waals surface area contributed by atoms with Gasteiger partial charge in [-0.05, 0) is 39.2 Å². The smallest absolute Gasteiger partial charge is 0.0928 e. The molecule has 0 bridgehead atoms. The number of nitrogens with zero attached hydrogens (tertiary/aromatic N) is 1. The maximum Gasteiger partial charge on any atom is 0.0928 e. The molecule has 2 heterocycles. The molecule has 1 N–H and O–H groups in total. The molecular weight excluding hydrogens is 220 g/mol. The van der Waals surface area contributed by atoms with Crippen LogP contribution in [0.15, 0.2) is 5.38 Å². The predicted octanol–water partition coefficient (Wildman–Crippen LogP) is 2.15. The molecule has 2 rings (SSSR count). The quantitative estimate of drug-likeness (QED) is 0.774. The molecule has 0 spiro atoms. The van der Waals surface area contributed by atoms with Crippen LogP contribution in [0.5, 0.6) is 0 Å². The minimum absolute atomic E-state index is 0.599. The second-order valence-electron chi connectivity index (χ2n) is 4.35. The van der Waals surface area contributed by atoms with Crippen LogP contribution in [0.25, 0.3) is 0 Å². The molecule has 1 aliphatic rings. The summed E-state index contributed by atoms with van der Waals surface area (Å²) in [6.07, 6.45) is 4.76. The van der Waals surface area contributed by atoms with Crippen LogP contribution in [0.3, 0.4) is 0 Å². The van der Waals surface area contributed by atoms with Crippen molar-refractivity contribution < 1.29 is 4.74 Å². The second-order valence-corrected chi connectivity index (χ2v) is 5.30. The highest BCUT2D eigenvalue weighted by Gasteiger charge is 2.13. The minimum atomic E-state index is 0.599. The van der Waals surface area contributed by atoms with Gasteiger partial charge in [-0.3, -0.25) is 0 Å². The van der Waals surface area contributed by atoms with Crippen molar-refractivity contribution in [3.8, 4) is 0 Å². The van der Waals surface area contributed by atoms with E-state index in [9.17, 15) is 0 Å². The van der Waals surface area contributed by atoms with E-state index in [4.69, 9.17) is 4.74 Å². The van der Waals surface area contributed by atoms with E-state index >= 15 is 0 Å². The highest BCUT2D eigenvalue weighted by Crippen LogP contribution is 2.11. The number of nitrogens with one attached hydrogen (secondary N) is 1. The van der Waals surface area contributed by atoms with Crippen molar-refractivity contribution in [1.82, 2.24) is 10.3 Å². The molecule has 1 unspecified atom stereocenters. The first kappa shape index (κ1) is 12.0. The normalized spacial score (nSPS) is 20.4. The van der Waals surface area contributed by atoms with Crippen molar-refractivity contribution in [2.75, 3.05) is 19.8 Å². The van der Waals surface area contributed by atoms with Crippen LogP contribution in [-0.2, 0) is 11.2 Å². The molecule has 1 aromatic heterocycles. The van der Waals surface area contributed by atoms with Gasteiger partial charge in [-0.1, -0.05) is 0 Å². The van der Waals surface area contributed by atoms with Crippen molar-refractivity contribution in [3.63, 3.8) is 0 Å². The van der Waals surface area contributed by atoms with Gasteiger partial charge in [0.15, 0.2) is 0 Å². The highest BCUT2D eigenvalue weighted by molar-refractivity contribution is 7.09. The van der Waals surface area contributed by atoms with Crippen LogP contribution < -0.4 is 5.32 Å². The molecule has 4 heteroatoms. The van der Waals surface area contributed by atoms with Gasteiger partial charge in [0.2, 0.25) is 0 Å². The van der Waals surface area contributed by atoms with Crippen LogP contribution in [0.2, 0.25) is 0 Å². The van der Waals surface area contributed by atoms with Gasteiger partial charge in [0.1, 0.15) is 0 Å². The summed E-state index contributed by atoms with van der Waals surface area (Å²) >= 11 is 1.78.